The van der Waals surface area contributed by atoms with Crippen LogP contribution in [-0.4, -0.2) is 24.0 Å². The lowest BCUT2D eigenvalue weighted by Crippen LogP contribution is -2.51. The Morgan fingerprint density at radius 1 is 1.23 bits per heavy atom. The molecule has 0 spiro atoms. The van der Waals surface area contributed by atoms with E-state index in [2.05, 4.69) is 0 Å². The Morgan fingerprint density at radius 3 is 2.42 bits per heavy atom. The molecule has 140 valence electrons. The van der Waals surface area contributed by atoms with Crippen molar-refractivity contribution in [3.05, 3.63) is 58.5 Å². The van der Waals surface area contributed by atoms with Crippen LogP contribution < -0.4 is 10.3 Å². The van der Waals surface area contributed by atoms with Crippen molar-refractivity contribution >= 4 is 15.9 Å². The molecular weight excluding hydrogens is 356 g/mol. The van der Waals surface area contributed by atoms with Gasteiger partial charge in [-0.1, -0.05) is 37.3 Å². The average Bonchev–Trinajstić information content (AvgIpc) is 2.57. The third-order valence-electron chi connectivity index (χ3n) is 4.10. The van der Waals surface area contributed by atoms with E-state index in [9.17, 15) is 23.1 Å². The van der Waals surface area contributed by atoms with Gasteiger partial charge >= 0.3 is 0 Å². The van der Waals surface area contributed by atoms with E-state index in [1.54, 1.807) is 19.9 Å². The van der Waals surface area contributed by atoms with Gasteiger partial charge in [0, 0.05) is 25.1 Å². The maximum Gasteiger partial charge on any atom is 0.285 e. The first kappa shape index (κ1) is 19.9. The normalized spacial score (nSPS) is 13.8. The number of rotatable bonds is 6. The maximum atomic E-state index is 12.7. The second-order valence-electron chi connectivity index (χ2n) is 6.11. The molecule has 8 heteroatoms. The molecule has 1 aromatic carbocycles. The summed E-state index contributed by atoms with van der Waals surface area (Å²) in [5.74, 6) is -0.738. The monoisotopic (exact) mass is 378 g/mol. The van der Waals surface area contributed by atoms with Gasteiger partial charge in [0.2, 0.25) is 5.91 Å². The first-order chi connectivity index (χ1) is 12.1. The first-order valence-electron chi connectivity index (χ1n) is 8.17. The molecule has 1 heterocycles. The summed E-state index contributed by atoms with van der Waals surface area (Å²) in [6, 6.07) is 10.7. The van der Waals surface area contributed by atoms with E-state index in [0.717, 1.165) is 12.5 Å². The van der Waals surface area contributed by atoms with E-state index in [1.807, 2.05) is 35.1 Å². The molecule has 1 amide bonds. The third-order valence-corrected chi connectivity index (χ3v) is 5.81. The molecule has 0 saturated carbocycles. The summed E-state index contributed by atoms with van der Waals surface area (Å²) in [6.45, 7) is 4.23. The minimum absolute atomic E-state index is 0.00379. The number of amides is 1. The lowest BCUT2D eigenvalue weighted by molar-refractivity contribution is -0.119. The second kappa shape index (κ2) is 7.43. The fourth-order valence-corrected chi connectivity index (χ4v) is 3.55. The largest absolute Gasteiger partial charge is 0.357 e. The molecule has 1 aromatic heterocycles. The molecular formula is C18H22N2O5S. The number of aliphatic hydroxyl groups is 1. The van der Waals surface area contributed by atoms with Gasteiger partial charge in [0.25, 0.3) is 20.6 Å². The highest BCUT2D eigenvalue weighted by Crippen LogP contribution is 2.23. The number of benzene rings is 1. The number of sulfonamides is 1. The number of nitrogens with zero attached hydrogens (tertiary/aromatic N) is 1. The van der Waals surface area contributed by atoms with Crippen molar-refractivity contribution in [2.75, 3.05) is 0 Å². The zero-order valence-corrected chi connectivity index (χ0v) is 15.7. The molecule has 1 atom stereocenters. The Hall–Kier alpha value is -2.45. The van der Waals surface area contributed by atoms with Crippen molar-refractivity contribution in [2.45, 2.75) is 38.7 Å². The highest BCUT2D eigenvalue weighted by Gasteiger charge is 2.41. The van der Waals surface area contributed by atoms with Gasteiger partial charge in [-0.15, -0.1) is 0 Å². The zero-order chi connectivity index (χ0) is 19.5. The highest BCUT2D eigenvalue weighted by molar-refractivity contribution is 7.90. The number of pyridine rings is 1. The molecule has 2 aromatic rings. The van der Waals surface area contributed by atoms with Crippen LogP contribution in [0.4, 0.5) is 0 Å². The predicted molar refractivity (Wildman–Crippen MR) is 98.7 cm³/mol. The fourth-order valence-electron chi connectivity index (χ4n) is 2.55. The summed E-state index contributed by atoms with van der Waals surface area (Å²) in [5.41, 5.74) is 1.06. The van der Waals surface area contributed by atoms with Gasteiger partial charge in [0.1, 0.15) is 0 Å². The van der Waals surface area contributed by atoms with Crippen LogP contribution in [0.3, 0.4) is 0 Å². The van der Waals surface area contributed by atoms with Crippen LogP contribution in [0.15, 0.2) is 47.4 Å². The van der Waals surface area contributed by atoms with Crippen LogP contribution in [0.2, 0.25) is 0 Å². The second-order valence-corrected chi connectivity index (χ2v) is 8.09. The summed E-state index contributed by atoms with van der Waals surface area (Å²) in [7, 11) is -4.53. The molecule has 0 aliphatic rings. The molecule has 0 saturated heterocycles. The van der Waals surface area contributed by atoms with Crippen LogP contribution in [0.25, 0.3) is 11.1 Å². The summed E-state index contributed by atoms with van der Waals surface area (Å²) >= 11 is 0. The van der Waals surface area contributed by atoms with Gasteiger partial charge in [0.15, 0.2) is 0 Å². The van der Waals surface area contributed by atoms with Crippen molar-refractivity contribution in [2.24, 2.45) is 0 Å². The van der Waals surface area contributed by atoms with Crippen LogP contribution in [0.5, 0.6) is 0 Å². The van der Waals surface area contributed by atoms with Gasteiger partial charge in [-0.25, -0.2) is 13.1 Å². The minimum atomic E-state index is -4.53. The molecule has 0 radical (unpaired) electrons. The Kier molecular flexibility index (Phi) is 5.68. The van der Waals surface area contributed by atoms with Crippen molar-refractivity contribution in [1.82, 2.24) is 9.29 Å². The Labute approximate surface area is 152 Å². The van der Waals surface area contributed by atoms with E-state index in [1.165, 1.54) is 6.20 Å². The molecule has 0 fully saturated rings. The fraction of sp³-hybridized carbons (Fsp3) is 0.333. The topological polar surface area (TPSA) is 105 Å². The maximum absolute atomic E-state index is 12.7. The number of hydrogen-bond donors (Lipinski definition) is 2. The molecule has 2 N–H and O–H groups in total. The Balaban J connectivity index is 2.50. The lowest BCUT2D eigenvalue weighted by Gasteiger charge is -2.26. The molecule has 2 rings (SSSR count). The molecule has 0 aliphatic heterocycles. The average molecular weight is 378 g/mol. The van der Waals surface area contributed by atoms with Gasteiger partial charge < -0.3 is 5.11 Å². The van der Waals surface area contributed by atoms with Crippen LogP contribution >= 0.6 is 0 Å². The van der Waals surface area contributed by atoms with Crippen LogP contribution in [0.1, 0.15) is 32.3 Å². The molecule has 1 unspecified atom stereocenters. The predicted octanol–water partition coefficient (Wildman–Crippen LogP) is 1.69. The van der Waals surface area contributed by atoms with Crippen molar-refractivity contribution in [1.29, 1.82) is 0 Å². The minimum Gasteiger partial charge on any atom is -0.357 e. The zero-order valence-electron chi connectivity index (χ0n) is 14.9. The first-order valence-corrected chi connectivity index (χ1v) is 9.66. The smallest absolute Gasteiger partial charge is 0.285 e. The lowest BCUT2D eigenvalue weighted by atomic mass is 10.0. The van der Waals surface area contributed by atoms with E-state index < -0.39 is 26.5 Å². The Bertz CT molecular complexity index is 963. The molecule has 26 heavy (non-hydrogen) atoms. The van der Waals surface area contributed by atoms with E-state index in [0.29, 0.717) is 16.6 Å². The van der Waals surface area contributed by atoms with Gasteiger partial charge in [-0.3, -0.25) is 14.2 Å². The summed E-state index contributed by atoms with van der Waals surface area (Å²) in [5, 5.41) is 7.94. The number of aromatic nitrogens is 1. The summed E-state index contributed by atoms with van der Waals surface area (Å²) < 4.78 is 27.3. The van der Waals surface area contributed by atoms with Crippen LogP contribution in [-0.2, 0) is 19.9 Å². The van der Waals surface area contributed by atoms with Crippen molar-refractivity contribution < 1.29 is 18.3 Å². The molecule has 0 aliphatic carbocycles. The molecule has 7 nitrogen and oxygen atoms in total. The highest BCUT2D eigenvalue weighted by atomic mass is 32.2. The number of nitrogens with one attached hydrogen (secondary N) is 1. The quantitative estimate of drug-likeness (QED) is 0.796. The summed E-state index contributed by atoms with van der Waals surface area (Å²) in [6.07, 6.45) is 1.66. The van der Waals surface area contributed by atoms with Gasteiger partial charge in [-0.2, -0.15) is 0 Å². The van der Waals surface area contributed by atoms with E-state index in [-0.39, 0.29) is 12.0 Å². The van der Waals surface area contributed by atoms with E-state index in [4.69, 9.17) is 0 Å². The molecule has 0 bridgehead atoms. The van der Waals surface area contributed by atoms with E-state index >= 15 is 0 Å². The standard InChI is InChI=1S/C18H22N2O5S/c1-4-8-16(21)19-26(24,25)18(3,23)20-12-11-15(13(2)17(20)22)14-9-6-5-7-10-14/h5-7,9-12,23H,4,8H2,1-3H3,(H,19,21). The number of carbonyl (C=O) groups excluding carboxylic acids is 1. The van der Waals surface area contributed by atoms with Crippen molar-refractivity contribution in [3.8, 4) is 11.1 Å². The SMILES string of the molecule is CCCC(=O)NS(=O)(=O)C(C)(O)n1ccc(-c2ccccc2)c(C)c1=O. The Morgan fingerprint density at radius 2 is 1.85 bits per heavy atom. The summed E-state index contributed by atoms with van der Waals surface area (Å²) in [4.78, 5) is 24.3. The third kappa shape index (κ3) is 3.71. The number of carbonyl (C=O) groups is 1. The van der Waals surface area contributed by atoms with Gasteiger partial charge in [-0.05, 0) is 30.5 Å². The van der Waals surface area contributed by atoms with Gasteiger partial charge in [0.05, 0.1) is 0 Å². The van der Waals surface area contributed by atoms with Crippen LogP contribution in [0, 0.1) is 6.92 Å². The van der Waals surface area contributed by atoms with Crippen molar-refractivity contribution in [3.63, 3.8) is 0 Å². The number of hydrogen-bond acceptors (Lipinski definition) is 5.